The molecule has 23 heavy (non-hydrogen) atoms. The Hall–Kier alpha value is -1.84. The molecule has 0 bridgehead atoms. The second kappa shape index (κ2) is 8.70. The van der Waals surface area contributed by atoms with Crippen molar-refractivity contribution < 1.29 is 14.3 Å². The fourth-order valence-corrected chi connectivity index (χ4v) is 3.14. The molecule has 4 nitrogen and oxygen atoms in total. The van der Waals surface area contributed by atoms with Crippen LogP contribution < -0.4 is 5.32 Å². The molecule has 0 heterocycles. The number of rotatable bonds is 6. The van der Waals surface area contributed by atoms with Crippen LogP contribution in [-0.4, -0.2) is 24.5 Å². The van der Waals surface area contributed by atoms with Gasteiger partial charge < -0.3 is 10.1 Å². The van der Waals surface area contributed by atoms with Crippen molar-refractivity contribution in [3.8, 4) is 0 Å². The molecule has 1 N–H and O–H groups in total. The molecule has 126 valence electrons. The Labute approximate surface area is 138 Å². The van der Waals surface area contributed by atoms with Crippen molar-refractivity contribution in [3.63, 3.8) is 0 Å². The molecule has 2 rings (SSSR count). The summed E-state index contributed by atoms with van der Waals surface area (Å²) in [5.74, 6) is 0.585. The first-order valence-electron chi connectivity index (χ1n) is 8.55. The van der Waals surface area contributed by atoms with E-state index in [4.69, 9.17) is 4.74 Å². The number of esters is 1. The molecule has 0 aromatic heterocycles. The van der Waals surface area contributed by atoms with E-state index in [9.17, 15) is 9.59 Å². The van der Waals surface area contributed by atoms with Gasteiger partial charge in [0.25, 0.3) is 5.91 Å². The van der Waals surface area contributed by atoms with Crippen molar-refractivity contribution in [3.05, 3.63) is 35.9 Å². The van der Waals surface area contributed by atoms with Gasteiger partial charge in [0, 0.05) is 12.5 Å². The molecule has 1 fully saturated rings. The summed E-state index contributed by atoms with van der Waals surface area (Å²) < 4.78 is 5.08. The average Bonchev–Trinajstić information content (AvgIpc) is 2.56. The third-order valence-corrected chi connectivity index (χ3v) is 4.88. The van der Waals surface area contributed by atoms with E-state index < -0.39 is 0 Å². The van der Waals surface area contributed by atoms with Crippen LogP contribution in [0.1, 0.15) is 45.1 Å². The summed E-state index contributed by atoms with van der Waals surface area (Å²) in [6, 6.07) is 9.99. The van der Waals surface area contributed by atoms with Crippen molar-refractivity contribution >= 4 is 11.9 Å². The number of amides is 1. The second-order valence-electron chi connectivity index (χ2n) is 6.59. The molecule has 0 unspecified atom stereocenters. The zero-order chi connectivity index (χ0) is 16.7. The van der Waals surface area contributed by atoms with E-state index in [1.807, 2.05) is 30.3 Å². The zero-order valence-electron chi connectivity index (χ0n) is 14.1. The van der Waals surface area contributed by atoms with Gasteiger partial charge >= 0.3 is 5.97 Å². The summed E-state index contributed by atoms with van der Waals surface area (Å²) >= 11 is 0. The van der Waals surface area contributed by atoms with Gasteiger partial charge in [0.2, 0.25) is 0 Å². The zero-order valence-corrected chi connectivity index (χ0v) is 14.1. The Balaban J connectivity index is 1.66. The third-order valence-electron chi connectivity index (χ3n) is 4.88. The Morgan fingerprint density at radius 1 is 1.17 bits per heavy atom. The number of carbonyl (C=O) groups is 2. The quantitative estimate of drug-likeness (QED) is 0.820. The van der Waals surface area contributed by atoms with E-state index in [1.54, 1.807) is 0 Å². The lowest BCUT2D eigenvalue weighted by Crippen LogP contribution is -2.45. The Morgan fingerprint density at radius 3 is 2.65 bits per heavy atom. The average molecular weight is 317 g/mol. The predicted molar refractivity (Wildman–Crippen MR) is 89.8 cm³/mol. The monoisotopic (exact) mass is 317 g/mol. The van der Waals surface area contributed by atoms with E-state index in [0.29, 0.717) is 24.7 Å². The number of ether oxygens (including phenoxy) is 1. The van der Waals surface area contributed by atoms with E-state index >= 15 is 0 Å². The minimum absolute atomic E-state index is 0.175. The van der Waals surface area contributed by atoms with Crippen LogP contribution in [0.5, 0.6) is 0 Å². The van der Waals surface area contributed by atoms with Gasteiger partial charge in [-0.25, -0.2) is 0 Å². The smallest absolute Gasteiger partial charge is 0.306 e. The number of hydrogen-bond donors (Lipinski definition) is 1. The molecule has 0 aliphatic heterocycles. The lowest BCUT2D eigenvalue weighted by Gasteiger charge is -2.34. The van der Waals surface area contributed by atoms with Gasteiger partial charge in [-0.1, -0.05) is 57.0 Å². The SMILES string of the molecule is C[C@@H]1[C@@H](C)CCC[C@H]1NC(=O)COC(=O)CCc1ccccc1. The summed E-state index contributed by atoms with van der Waals surface area (Å²) in [7, 11) is 0. The topological polar surface area (TPSA) is 55.4 Å². The fraction of sp³-hybridized carbons (Fsp3) is 0.579. The third kappa shape index (κ3) is 5.70. The van der Waals surface area contributed by atoms with Crippen LogP contribution in [0, 0.1) is 11.8 Å². The minimum Gasteiger partial charge on any atom is -0.456 e. The van der Waals surface area contributed by atoms with Crippen LogP contribution in [0.2, 0.25) is 0 Å². The van der Waals surface area contributed by atoms with Gasteiger partial charge in [-0.2, -0.15) is 0 Å². The molecule has 0 saturated heterocycles. The molecular weight excluding hydrogens is 290 g/mol. The van der Waals surface area contributed by atoms with Crippen molar-refractivity contribution in [1.29, 1.82) is 0 Å². The standard InChI is InChI=1S/C19H27NO3/c1-14-7-6-10-17(15(14)2)20-18(21)13-23-19(22)12-11-16-8-4-3-5-9-16/h3-5,8-9,14-15,17H,6-7,10-13H2,1-2H3,(H,20,21)/t14-,15+,17+/m0/s1. The van der Waals surface area contributed by atoms with Crippen LogP contribution >= 0.6 is 0 Å². The van der Waals surface area contributed by atoms with E-state index in [-0.39, 0.29) is 24.5 Å². The number of carbonyl (C=O) groups excluding carboxylic acids is 2. The highest BCUT2D eigenvalue weighted by atomic mass is 16.5. The van der Waals surface area contributed by atoms with Crippen LogP contribution in [0.4, 0.5) is 0 Å². The van der Waals surface area contributed by atoms with Crippen LogP contribution in [0.25, 0.3) is 0 Å². The first-order chi connectivity index (χ1) is 11.1. The summed E-state index contributed by atoms with van der Waals surface area (Å²) in [6.07, 6.45) is 4.32. The van der Waals surface area contributed by atoms with E-state index in [0.717, 1.165) is 18.4 Å². The minimum atomic E-state index is -0.325. The van der Waals surface area contributed by atoms with Gasteiger partial charge in [0.1, 0.15) is 0 Å². The molecule has 1 saturated carbocycles. The van der Waals surface area contributed by atoms with Gasteiger partial charge in [-0.15, -0.1) is 0 Å². The molecule has 1 aliphatic rings. The summed E-state index contributed by atoms with van der Waals surface area (Å²) in [6.45, 7) is 4.23. The largest absolute Gasteiger partial charge is 0.456 e. The molecule has 1 aliphatic carbocycles. The first kappa shape index (κ1) is 17.5. The Bertz CT molecular complexity index is 515. The molecule has 1 aromatic carbocycles. The molecule has 0 spiro atoms. The maximum absolute atomic E-state index is 12.0. The summed E-state index contributed by atoms with van der Waals surface area (Å²) in [5, 5.41) is 3.01. The number of hydrogen-bond acceptors (Lipinski definition) is 3. The number of aryl methyl sites for hydroxylation is 1. The van der Waals surface area contributed by atoms with Gasteiger partial charge in [-0.3, -0.25) is 9.59 Å². The van der Waals surface area contributed by atoms with Gasteiger partial charge in [0.15, 0.2) is 6.61 Å². The van der Waals surface area contributed by atoms with Crippen LogP contribution in [-0.2, 0) is 20.7 Å². The highest BCUT2D eigenvalue weighted by Crippen LogP contribution is 2.29. The summed E-state index contributed by atoms with van der Waals surface area (Å²) in [5.41, 5.74) is 1.10. The van der Waals surface area contributed by atoms with Crippen molar-refractivity contribution in [2.75, 3.05) is 6.61 Å². The second-order valence-corrected chi connectivity index (χ2v) is 6.59. The van der Waals surface area contributed by atoms with Gasteiger partial charge in [0.05, 0.1) is 0 Å². The molecule has 0 radical (unpaired) electrons. The lowest BCUT2D eigenvalue weighted by molar-refractivity contribution is -0.148. The van der Waals surface area contributed by atoms with Crippen LogP contribution in [0.15, 0.2) is 30.3 Å². The van der Waals surface area contributed by atoms with Gasteiger partial charge in [-0.05, 0) is 30.2 Å². The molecule has 4 heteroatoms. The maximum atomic E-state index is 12.0. The van der Waals surface area contributed by atoms with Crippen molar-refractivity contribution in [1.82, 2.24) is 5.32 Å². The summed E-state index contributed by atoms with van der Waals surface area (Å²) in [4.78, 5) is 23.7. The highest BCUT2D eigenvalue weighted by Gasteiger charge is 2.28. The Morgan fingerprint density at radius 2 is 1.91 bits per heavy atom. The van der Waals surface area contributed by atoms with Crippen molar-refractivity contribution in [2.24, 2.45) is 11.8 Å². The van der Waals surface area contributed by atoms with Crippen molar-refractivity contribution in [2.45, 2.75) is 52.0 Å². The highest BCUT2D eigenvalue weighted by molar-refractivity contribution is 5.80. The maximum Gasteiger partial charge on any atom is 0.306 e. The first-order valence-corrected chi connectivity index (χ1v) is 8.55. The fourth-order valence-electron chi connectivity index (χ4n) is 3.14. The van der Waals surface area contributed by atoms with E-state index in [1.165, 1.54) is 6.42 Å². The van der Waals surface area contributed by atoms with Crippen LogP contribution in [0.3, 0.4) is 0 Å². The Kier molecular flexibility index (Phi) is 6.63. The molecule has 1 amide bonds. The number of benzene rings is 1. The lowest BCUT2D eigenvalue weighted by atomic mass is 9.78. The normalized spacial score (nSPS) is 24.0. The molecule has 1 aromatic rings. The molecule has 3 atom stereocenters. The van der Waals surface area contributed by atoms with E-state index in [2.05, 4.69) is 19.2 Å². The predicted octanol–water partition coefficient (Wildman–Crippen LogP) is 3.10. The number of nitrogens with one attached hydrogen (secondary N) is 1. The molecular formula is C19H27NO3.